The number of fused-ring (bicyclic) bond motifs is 1. The number of hydrogen-bond donors (Lipinski definition) is 0. The second-order valence-corrected chi connectivity index (χ2v) is 8.74. The van der Waals surface area contributed by atoms with Crippen LogP contribution >= 0.6 is 11.8 Å². The minimum atomic E-state index is -0.294. The first kappa shape index (κ1) is 20.5. The van der Waals surface area contributed by atoms with E-state index in [4.69, 9.17) is 13.9 Å². The summed E-state index contributed by atoms with van der Waals surface area (Å²) in [5.41, 5.74) is 4.19. The van der Waals surface area contributed by atoms with E-state index in [0.29, 0.717) is 27.7 Å². The van der Waals surface area contributed by atoms with Crippen LogP contribution in [-0.2, 0) is 21.9 Å². The van der Waals surface area contributed by atoms with Crippen LogP contribution in [0.3, 0.4) is 0 Å². The molecule has 7 heteroatoms. The number of aryl methyl sites for hydroxylation is 2. The highest BCUT2D eigenvalue weighted by atomic mass is 32.2. The van der Waals surface area contributed by atoms with Crippen molar-refractivity contribution in [3.8, 4) is 11.5 Å². The Kier molecular flexibility index (Phi) is 5.27. The number of carbonyl (C=O) groups is 2. The maximum absolute atomic E-state index is 13.5. The molecule has 0 atom stereocenters. The number of amides is 2. The van der Waals surface area contributed by atoms with Crippen molar-refractivity contribution < 1.29 is 23.5 Å². The summed E-state index contributed by atoms with van der Waals surface area (Å²) in [6, 6.07) is 15.0. The van der Waals surface area contributed by atoms with E-state index in [1.54, 1.807) is 12.3 Å². The Morgan fingerprint density at radius 3 is 2.56 bits per heavy atom. The predicted octanol–water partition coefficient (Wildman–Crippen LogP) is 4.84. The van der Waals surface area contributed by atoms with Gasteiger partial charge in [-0.25, -0.2) is 0 Å². The van der Waals surface area contributed by atoms with Gasteiger partial charge in [-0.3, -0.25) is 14.5 Å². The quantitative estimate of drug-likeness (QED) is 0.504. The van der Waals surface area contributed by atoms with E-state index >= 15 is 0 Å². The van der Waals surface area contributed by atoms with E-state index in [0.717, 1.165) is 28.0 Å². The van der Waals surface area contributed by atoms with Crippen molar-refractivity contribution in [2.45, 2.75) is 26.1 Å². The lowest BCUT2D eigenvalue weighted by atomic mass is 10.0. The lowest BCUT2D eigenvalue weighted by Crippen LogP contribution is -2.30. The fraction of sp³-hybridized carbons (Fsp3) is 0.200. The topological polar surface area (TPSA) is 69.0 Å². The first-order valence-corrected chi connectivity index (χ1v) is 11.2. The molecule has 0 fully saturated rings. The monoisotopic (exact) mass is 447 g/mol. The molecule has 0 spiro atoms. The molecule has 2 amide bonds. The summed E-state index contributed by atoms with van der Waals surface area (Å²) >= 11 is 1.33. The second kappa shape index (κ2) is 8.24. The minimum Gasteiger partial charge on any atom is -0.468 e. The smallest absolute Gasteiger partial charge is 0.268 e. The zero-order chi connectivity index (χ0) is 22.2. The van der Waals surface area contributed by atoms with Gasteiger partial charge in [-0.15, -0.1) is 11.8 Å². The molecule has 2 aromatic carbocycles. The zero-order valence-corrected chi connectivity index (χ0v) is 18.5. The average molecular weight is 448 g/mol. The van der Waals surface area contributed by atoms with E-state index < -0.39 is 0 Å². The lowest BCUT2D eigenvalue weighted by molar-refractivity contribution is -0.137. The standard InChI is InChI=1S/C25H21NO5S/c1-15-5-7-18(10-16(15)2)22-23(32-13-19-4-3-9-29-19)25(28)26(24(22)27)12-17-6-8-20-21(11-17)31-14-30-20/h3-11H,12-14H2,1-2H3. The van der Waals surface area contributed by atoms with Gasteiger partial charge in [0.15, 0.2) is 11.5 Å². The molecule has 0 N–H and O–H groups in total. The fourth-order valence-corrected chi connectivity index (χ4v) is 4.78. The maximum Gasteiger partial charge on any atom is 0.268 e. The van der Waals surface area contributed by atoms with Crippen molar-refractivity contribution >= 4 is 29.1 Å². The average Bonchev–Trinajstić information content (AvgIpc) is 3.51. The Morgan fingerprint density at radius 2 is 1.78 bits per heavy atom. The number of imide groups is 1. The number of furan rings is 1. The third-order valence-corrected chi connectivity index (χ3v) is 6.73. The molecule has 5 rings (SSSR count). The first-order valence-electron chi connectivity index (χ1n) is 10.2. The number of thioether (sulfide) groups is 1. The van der Waals surface area contributed by atoms with Gasteiger partial charge in [-0.1, -0.05) is 24.3 Å². The van der Waals surface area contributed by atoms with Gasteiger partial charge in [-0.2, -0.15) is 0 Å². The zero-order valence-electron chi connectivity index (χ0n) is 17.7. The summed E-state index contributed by atoms with van der Waals surface area (Å²) in [5.74, 6) is 1.91. The number of rotatable bonds is 6. The molecule has 162 valence electrons. The summed E-state index contributed by atoms with van der Waals surface area (Å²) in [7, 11) is 0. The van der Waals surface area contributed by atoms with Gasteiger partial charge in [0.2, 0.25) is 6.79 Å². The van der Waals surface area contributed by atoms with Gasteiger partial charge in [0.1, 0.15) is 5.76 Å². The first-order chi connectivity index (χ1) is 15.5. The van der Waals surface area contributed by atoms with Crippen LogP contribution in [-0.4, -0.2) is 23.5 Å². The van der Waals surface area contributed by atoms with E-state index in [2.05, 4.69) is 0 Å². The highest BCUT2D eigenvalue weighted by Crippen LogP contribution is 2.39. The van der Waals surface area contributed by atoms with Crippen LogP contribution in [0.1, 0.15) is 28.0 Å². The number of nitrogens with zero attached hydrogens (tertiary/aromatic N) is 1. The SMILES string of the molecule is Cc1ccc(C2=C(SCc3ccco3)C(=O)N(Cc3ccc4c(c3)OCO4)C2=O)cc1C. The molecule has 0 bridgehead atoms. The van der Waals surface area contributed by atoms with Gasteiger partial charge in [0.25, 0.3) is 11.8 Å². The Bertz CT molecular complexity index is 1250. The molecule has 0 saturated heterocycles. The van der Waals surface area contributed by atoms with Crippen molar-refractivity contribution in [3.63, 3.8) is 0 Å². The summed E-state index contributed by atoms with van der Waals surface area (Å²) in [5, 5.41) is 0. The molecule has 1 aromatic heterocycles. The van der Waals surface area contributed by atoms with Crippen LogP contribution in [0.5, 0.6) is 11.5 Å². The van der Waals surface area contributed by atoms with E-state index in [1.807, 2.05) is 56.3 Å². The molecule has 32 heavy (non-hydrogen) atoms. The third-order valence-electron chi connectivity index (χ3n) is 5.64. The van der Waals surface area contributed by atoms with Crippen LogP contribution in [0.15, 0.2) is 64.1 Å². The maximum atomic E-state index is 13.5. The van der Waals surface area contributed by atoms with E-state index in [-0.39, 0.29) is 25.2 Å². The van der Waals surface area contributed by atoms with Gasteiger partial charge >= 0.3 is 0 Å². The Labute approximate surface area is 189 Å². The van der Waals surface area contributed by atoms with Crippen molar-refractivity contribution in [1.29, 1.82) is 0 Å². The van der Waals surface area contributed by atoms with Crippen molar-refractivity contribution in [2.75, 3.05) is 6.79 Å². The van der Waals surface area contributed by atoms with Crippen molar-refractivity contribution in [3.05, 3.63) is 87.7 Å². The molecule has 3 aromatic rings. The number of benzene rings is 2. The van der Waals surface area contributed by atoms with Gasteiger partial charge in [-0.05, 0) is 60.4 Å². The normalized spacial score (nSPS) is 15.2. The second-order valence-electron chi connectivity index (χ2n) is 7.76. The third kappa shape index (κ3) is 3.69. The Balaban J connectivity index is 1.48. The number of hydrogen-bond acceptors (Lipinski definition) is 6. The van der Waals surface area contributed by atoms with Crippen LogP contribution in [0, 0.1) is 13.8 Å². The van der Waals surface area contributed by atoms with Crippen molar-refractivity contribution in [1.82, 2.24) is 4.90 Å². The van der Waals surface area contributed by atoms with Gasteiger partial charge < -0.3 is 13.9 Å². The highest BCUT2D eigenvalue weighted by molar-refractivity contribution is 8.03. The molecule has 0 unspecified atom stereocenters. The molecule has 0 aliphatic carbocycles. The van der Waals surface area contributed by atoms with E-state index in [9.17, 15) is 9.59 Å². The molecular weight excluding hydrogens is 426 g/mol. The predicted molar refractivity (Wildman–Crippen MR) is 121 cm³/mol. The van der Waals surface area contributed by atoms with E-state index in [1.165, 1.54) is 16.7 Å². The molecule has 3 heterocycles. The molecule has 2 aliphatic rings. The summed E-state index contributed by atoms with van der Waals surface area (Å²) < 4.78 is 16.2. The Hall–Kier alpha value is -3.45. The number of ether oxygens (including phenoxy) is 2. The molecule has 0 saturated carbocycles. The summed E-state index contributed by atoms with van der Waals surface area (Å²) in [4.78, 5) is 28.6. The van der Waals surface area contributed by atoms with Gasteiger partial charge in [0, 0.05) is 0 Å². The number of carbonyl (C=O) groups excluding carboxylic acids is 2. The Morgan fingerprint density at radius 1 is 0.938 bits per heavy atom. The highest BCUT2D eigenvalue weighted by Gasteiger charge is 2.39. The van der Waals surface area contributed by atoms with Crippen LogP contribution in [0.25, 0.3) is 5.57 Å². The molecule has 6 nitrogen and oxygen atoms in total. The lowest BCUT2D eigenvalue weighted by Gasteiger charge is -2.15. The summed E-state index contributed by atoms with van der Waals surface area (Å²) in [6.45, 7) is 4.36. The summed E-state index contributed by atoms with van der Waals surface area (Å²) in [6.07, 6.45) is 1.60. The fourth-order valence-electron chi connectivity index (χ4n) is 3.74. The molecular formula is C25H21NO5S. The molecule has 2 aliphatic heterocycles. The van der Waals surface area contributed by atoms with Crippen LogP contribution < -0.4 is 9.47 Å². The van der Waals surface area contributed by atoms with Gasteiger partial charge in [0.05, 0.1) is 29.0 Å². The largest absolute Gasteiger partial charge is 0.468 e. The minimum absolute atomic E-state index is 0.160. The van der Waals surface area contributed by atoms with Crippen LogP contribution in [0.4, 0.5) is 0 Å². The van der Waals surface area contributed by atoms with Crippen LogP contribution in [0.2, 0.25) is 0 Å². The van der Waals surface area contributed by atoms with Crippen molar-refractivity contribution in [2.24, 2.45) is 0 Å². The molecule has 0 radical (unpaired) electrons.